The van der Waals surface area contributed by atoms with E-state index in [0.29, 0.717) is 0 Å². The molecule has 0 aliphatic heterocycles. The molecular formula is C16H16F2N2O. The van der Waals surface area contributed by atoms with E-state index in [2.05, 4.69) is 10.6 Å². The maximum Gasteiger partial charge on any atom is 0.243 e. The van der Waals surface area contributed by atoms with Crippen LogP contribution in [0.4, 0.5) is 20.2 Å². The van der Waals surface area contributed by atoms with Crippen molar-refractivity contribution in [3.63, 3.8) is 0 Å². The fourth-order valence-corrected chi connectivity index (χ4v) is 1.82. The Labute approximate surface area is 122 Å². The molecule has 2 N–H and O–H groups in total. The second-order valence-electron chi connectivity index (χ2n) is 4.82. The van der Waals surface area contributed by atoms with Gasteiger partial charge in [-0.2, -0.15) is 0 Å². The summed E-state index contributed by atoms with van der Waals surface area (Å²) in [4.78, 5) is 11.7. The first-order valence-electron chi connectivity index (χ1n) is 6.52. The third kappa shape index (κ3) is 4.02. The van der Waals surface area contributed by atoms with Crippen LogP contribution < -0.4 is 10.6 Å². The molecule has 2 rings (SSSR count). The number of nitrogens with one attached hydrogen (secondary N) is 2. The molecule has 0 saturated heterocycles. The molecule has 0 heterocycles. The topological polar surface area (TPSA) is 41.1 Å². The molecule has 0 bridgehead atoms. The van der Waals surface area contributed by atoms with Crippen LogP contribution in [-0.2, 0) is 4.79 Å². The minimum absolute atomic E-state index is 0.000677. The third-order valence-electron chi connectivity index (χ3n) is 3.17. The molecule has 0 aliphatic carbocycles. The number of carbonyl (C=O) groups is 1. The lowest BCUT2D eigenvalue weighted by Crippen LogP contribution is -2.22. The fourth-order valence-electron chi connectivity index (χ4n) is 1.82. The van der Waals surface area contributed by atoms with E-state index in [0.717, 1.165) is 23.4 Å². The Hall–Kier alpha value is -2.43. The Morgan fingerprint density at radius 1 is 1.05 bits per heavy atom. The SMILES string of the molecule is Cc1ccc(NCC(=O)Nc2ccc(F)cc2F)cc1C. The van der Waals surface area contributed by atoms with Gasteiger partial charge in [-0.15, -0.1) is 0 Å². The molecule has 5 heteroatoms. The van der Waals surface area contributed by atoms with Crippen LogP contribution in [0.15, 0.2) is 36.4 Å². The maximum atomic E-state index is 13.4. The summed E-state index contributed by atoms with van der Waals surface area (Å²) in [5.41, 5.74) is 3.06. The molecule has 3 nitrogen and oxygen atoms in total. The van der Waals surface area contributed by atoms with Gasteiger partial charge in [0.25, 0.3) is 0 Å². The van der Waals surface area contributed by atoms with Crippen LogP contribution >= 0.6 is 0 Å². The molecule has 2 aromatic carbocycles. The van der Waals surface area contributed by atoms with Crippen molar-refractivity contribution in [1.82, 2.24) is 0 Å². The number of rotatable bonds is 4. The van der Waals surface area contributed by atoms with Crippen molar-refractivity contribution >= 4 is 17.3 Å². The average molecular weight is 290 g/mol. The lowest BCUT2D eigenvalue weighted by atomic mass is 10.1. The van der Waals surface area contributed by atoms with E-state index in [1.54, 1.807) is 0 Å². The van der Waals surface area contributed by atoms with Crippen LogP contribution in [0.25, 0.3) is 0 Å². The molecule has 0 atom stereocenters. The molecule has 0 saturated carbocycles. The Morgan fingerprint density at radius 3 is 2.48 bits per heavy atom. The van der Waals surface area contributed by atoms with Gasteiger partial charge in [0.05, 0.1) is 12.2 Å². The lowest BCUT2D eigenvalue weighted by Gasteiger charge is -2.10. The van der Waals surface area contributed by atoms with E-state index in [1.165, 1.54) is 11.6 Å². The minimum atomic E-state index is -0.797. The van der Waals surface area contributed by atoms with Crippen LogP contribution in [0.2, 0.25) is 0 Å². The maximum absolute atomic E-state index is 13.4. The predicted molar refractivity (Wildman–Crippen MR) is 79.4 cm³/mol. The number of aryl methyl sites for hydroxylation is 2. The first-order valence-corrected chi connectivity index (χ1v) is 6.52. The Balaban J connectivity index is 1.94. The third-order valence-corrected chi connectivity index (χ3v) is 3.17. The van der Waals surface area contributed by atoms with Gasteiger partial charge in [0.1, 0.15) is 11.6 Å². The molecule has 0 unspecified atom stereocenters. The Morgan fingerprint density at radius 2 is 1.81 bits per heavy atom. The molecule has 0 aromatic heterocycles. The smallest absolute Gasteiger partial charge is 0.243 e. The van der Waals surface area contributed by atoms with Crippen molar-refractivity contribution in [2.75, 3.05) is 17.2 Å². The normalized spacial score (nSPS) is 10.3. The number of hydrogen-bond donors (Lipinski definition) is 2. The standard InChI is InChI=1S/C16H16F2N2O/c1-10-3-5-13(7-11(10)2)19-9-16(21)20-15-6-4-12(17)8-14(15)18/h3-8,19H,9H2,1-2H3,(H,20,21). The second-order valence-corrected chi connectivity index (χ2v) is 4.82. The van der Waals surface area contributed by atoms with Gasteiger partial charge in [-0.05, 0) is 49.2 Å². The molecule has 0 radical (unpaired) electrons. The van der Waals surface area contributed by atoms with E-state index >= 15 is 0 Å². The summed E-state index contributed by atoms with van der Waals surface area (Å²) in [5, 5.41) is 5.35. The van der Waals surface area contributed by atoms with Gasteiger partial charge in [0, 0.05) is 11.8 Å². The van der Waals surface area contributed by atoms with Crippen LogP contribution in [0, 0.1) is 25.5 Å². The Kier molecular flexibility index (Phi) is 4.52. The van der Waals surface area contributed by atoms with Gasteiger partial charge in [-0.1, -0.05) is 6.07 Å². The zero-order valence-corrected chi connectivity index (χ0v) is 11.8. The van der Waals surface area contributed by atoms with Gasteiger partial charge >= 0.3 is 0 Å². The number of halogens is 2. The highest BCUT2D eigenvalue weighted by atomic mass is 19.1. The molecule has 21 heavy (non-hydrogen) atoms. The minimum Gasteiger partial charge on any atom is -0.376 e. The summed E-state index contributed by atoms with van der Waals surface area (Å²) < 4.78 is 26.2. The van der Waals surface area contributed by atoms with Crippen molar-refractivity contribution in [3.8, 4) is 0 Å². The van der Waals surface area contributed by atoms with Crippen LogP contribution in [0.3, 0.4) is 0 Å². The van der Waals surface area contributed by atoms with Crippen LogP contribution in [-0.4, -0.2) is 12.5 Å². The first-order chi connectivity index (χ1) is 9.95. The quantitative estimate of drug-likeness (QED) is 0.902. The van der Waals surface area contributed by atoms with Crippen LogP contribution in [0.5, 0.6) is 0 Å². The van der Waals surface area contributed by atoms with E-state index in [9.17, 15) is 13.6 Å². The predicted octanol–water partition coefficient (Wildman–Crippen LogP) is 3.63. The average Bonchev–Trinajstić information content (AvgIpc) is 2.43. The van der Waals surface area contributed by atoms with Gasteiger partial charge in [-0.3, -0.25) is 4.79 Å². The van der Waals surface area contributed by atoms with Crippen molar-refractivity contribution < 1.29 is 13.6 Å². The first kappa shape index (κ1) is 15.0. The largest absolute Gasteiger partial charge is 0.376 e. The molecule has 0 spiro atoms. The number of benzene rings is 2. The summed E-state index contributed by atoms with van der Waals surface area (Å²) in [6.45, 7) is 3.98. The van der Waals surface area contributed by atoms with E-state index in [-0.39, 0.29) is 12.2 Å². The van der Waals surface area contributed by atoms with Gasteiger partial charge in [-0.25, -0.2) is 8.78 Å². The van der Waals surface area contributed by atoms with E-state index < -0.39 is 17.5 Å². The van der Waals surface area contributed by atoms with Gasteiger partial charge < -0.3 is 10.6 Å². The number of carbonyl (C=O) groups excluding carboxylic acids is 1. The highest BCUT2D eigenvalue weighted by molar-refractivity contribution is 5.93. The summed E-state index contributed by atoms with van der Waals surface area (Å²) >= 11 is 0. The van der Waals surface area contributed by atoms with Gasteiger partial charge in [0.2, 0.25) is 5.91 Å². The second kappa shape index (κ2) is 6.35. The highest BCUT2D eigenvalue weighted by Crippen LogP contribution is 2.16. The molecule has 0 aliphatic rings. The number of anilines is 2. The fraction of sp³-hybridized carbons (Fsp3) is 0.188. The van der Waals surface area contributed by atoms with E-state index in [1.807, 2.05) is 32.0 Å². The zero-order valence-electron chi connectivity index (χ0n) is 11.8. The molecule has 2 aromatic rings. The van der Waals surface area contributed by atoms with Crippen molar-refractivity contribution in [2.45, 2.75) is 13.8 Å². The molecular weight excluding hydrogens is 274 g/mol. The summed E-state index contributed by atoms with van der Waals surface area (Å²) in [5.74, 6) is -1.88. The highest BCUT2D eigenvalue weighted by Gasteiger charge is 2.08. The summed E-state index contributed by atoms with van der Waals surface area (Å²) in [6.07, 6.45) is 0. The summed E-state index contributed by atoms with van der Waals surface area (Å²) in [7, 11) is 0. The Bertz CT molecular complexity index is 671. The number of amides is 1. The molecule has 1 amide bonds. The number of hydrogen-bond acceptors (Lipinski definition) is 2. The zero-order chi connectivity index (χ0) is 15.4. The van der Waals surface area contributed by atoms with Crippen LogP contribution in [0.1, 0.15) is 11.1 Å². The molecule has 110 valence electrons. The molecule has 0 fully saturated rings. The van der Waals surface area contributed by atoms with E-state index in [4.69, 9.17) is 0 Å². The van der Waals surface area contributed by atoms with Gasteiger partial charge in [0.15, 0.2) is 0 Å². The monoisotopic (exact) mass is 290 g/mol. The van der Waals surface area contributed by atoms with Crippen molar-refractivity contribution in [1.29, 1.82) is 0 Å². The van der Waals surface area contributed by atoms with Crippen molar-refractivity contribution in [3.05, 3.63) is 59.2 Å². The van der Waals surface area contributed by atoms with Crippen molar-refractivity contribution in [2.24, 2.45) is 0 Å². The summed E-state index contributed by atoms with van der Waals surface area (Å²) in [6, 6.07) is 8.77. The lowest BCUT2D eigenvalue weighted by molar-refractivity contribution is -0.114.